The minimum atomic E-state index is -0.769. The maximum absolute atomic E-state index is 13.9. The van der Waals surface area contributed by atoms with Crippen molar-refractivity contribution in [2.24, 2.45) is 17.8 Å². The fourth-order valence-corrected chi connectivity index (χ4v) is 9.19. The van der Waals surface area contributed by atoms with Crippen LogP contribution in [0.2, 0.25) is 0 Å². The first-order valence-corrected chi connectivity index (χ1v) is 14.3. The number of aliphatic hydroxyl groups excluding tert-OH is 1. The molecule has 0 radical (unpaired) electrons. The second-order valence-corrected chi connectivity index (χ2v) is 11.9. The van der Waals surface area contributed by atoms with E-state index in [1.165, 1.54) is 4.90 Å². The van der Waals surface area contributed by atoms with Crippen LogP contribution in [0.25, 0.3) is 0 Å². The molecule has 3 fully saturated rings. The smallest absolute Gasteiger partial charge is 0.248 e. The number of para-hydroxylation sites is 1. The molecule has 0 aliphatic carbocycles. The van der Waals surface area contributed by atoms with Crippen LogP contribution in [0.15, 0.2) is 54.6 Å². The van der Waals surface area contributed by atoms with Crippen LogP contribution in [0.5, 0.6) is 0 Å². The summed E-state index contributed by atoms with van der Waals surface area (Å²) in [6.07, 6.45) is 0.761. The summed E-state index contributed by atoms with van der Waals surface area (Å²) in [6.45, 7) is 7.87. The van der Waals surface area contributed by atoms with Gasteiger partial charge in [0.15, 0.2) is 0 Å². The van der Waals surface area contributed by atoms with Gasteiger partial charge in [-0.2, -0.15) is 0 Å². The lowest BCUT2D eigenvalue weighted by Gasteiger charge is -2.38. The van der Waals surface area contributed by atoms with Crippen LogP contribution in [0, 0.1) is 17.8 Å². The molecular weight excluding hydrogens is 500 g/mol. The number of likely N-dealkylation sites (tertiary alicyclic amines) is 1. The zero-order valence-corrected chi connectivity index (χ0v) is 22.9. The van der Waals surface area contributed by atoms with Gasteiger partial charge in [0, 0.05) is 41.9 Å². The number of aliphatic hydroxyl groups is 1. The summed E-state index contributed by atoms with van der Waals surface area (Å²) in [5.74, 6) is -1.75. The number of β-amino-alcohol motifs (C(OH)–C–C–N with tert-alkyl or cyclic N) is 1. The number of carbonyl (C=O) groups excluding carboxylic acids is 3. The highest BCUT2D eigenvalue weighted by molar-refractivity contribution is 8.02. The molecule has 2 aromatic rings. The Morgan fingerprint density at radius 3 is 2.29 bits per heavy atom. The van der Waals surface area contributed by atoms with E-state index in [4.69, 9.17) is 0 Å². The van der Waals surface area contributed by atoms with Gasteiger partial charge in [0.05, 0.1) is 23.2 Å². The van der Waals surface area contributed by atoms with E-state index in [-0.39, 0.29) is 42.0 Å². The SMILES string of the molecule is CCN(CC)c1ccc(NC(=O)C2N(CCO)C(=O)[C@@H]3[C@H](C(=O)Nc4ccccc4)[C@@H]4CC(C)C23S4)cc1. The van der Waals surface area contributed by atoms with Gasteiger partial charge in [-0.25, -0.2) is 0 Å². The highest BCUT2D eigenvalue weighted by atomic mass is 32.2. The van der Waals surface area contributed by atoms with Crippen molar-refractivity contribution in [2.75, 3.05) is 41.8 Å². The van der Waals surface area contributed by atoms with E-state index >= 15 is 0 Å². The molecule has 9 heteroatoms. The van der Waals surface area contributed by atoms with Gasteiger partial charge in [-0.15, -0.1) is 11.8 Å². The highest BCUT2D eigenvalue weighted by Gasteiger charge is 2.75. The van der Waals surface area contributed by atoms with Crippen LogP contribution in [0.3, 0.4) is 0 Å². The van der Waals surface area contributed by atoms with E-state index in [0.29, 0.717) is 11.4 Å². The van der Waals surface area contributed by atoms with Crippen molar-refractivity contribution in [3.8, 4) is 0 Å². The van der Waals surface area contributed by atoms with Gasteiger partial charge in [0.25, 0.3) is 0 Å². The molecule has 0 aromatic heterocycles. The number of nitrogens with one attached hydrogen (secondary N) is 2. The number of thioether (sulfide) groups is 1. The number of fused-ring (bicyclic) bond motifs is 1. The van der Waals surface area contributed by atoms with Gasteiger partial charge >= 0.3 is 0 Å². The average Bonchev–Trinajstić information content (AvgIpc) is 3.50. The summed E-state index contributed by atoms with van der Waals surface area (Å²) in [6, 6.07) is 16.2. The van der Waals surface area contributed by atoms with Crippen LogP contribution in [0.1, 0.15) is 27.2 Å². The monoisotopic (exact) mass is 536 g/mol. The van der Waals surface area contributed by atoms with Crippen molar-refractivity contribution in [3.05, 3.63) is 54.6 Å². The normalized spacial score (nSPS) is 29.3. The summed E-state index contributed by atoms with van der Waals surface area (Å²) in [5, 5.41) is 15.8. The number of hydrogen-bond acceptors (Lipinski definition) is 6. The van der Waals surface area contributed by atoms with Crippen LogP contribution < -0.4 is 15.5 Å². The van der Waals surface area contributed by atoms with Crippen molar-refractivity contribution in [1.82, 2.24) is 4.90 Å². The van der Waals surface area contributed by atoms with Gasteiger partial charge < -0.3 is 25.5 Å². The lowest BCUT2D eigenvalue weighted by molar-refractivity contribution is -0.138. The summed E-state index contributed by atoms with van der Waals surface area (Å²) in [7, 11) is 0. The molecule has 3 aliphatic heterocycles. The van der Waals surface area contributed by atoms with E-state index in [9.17, 15) is 19.5 Å². The summed E-state index contributed by atoms with van der Waals surface area (Å²) in [5.41, 5.74) is 2.42. The van der Waals surface area contributed by atoms with Crippen molar-refractivity contribution in [2.45, 2.75) is 43.2 Å². The number of hydrogen-bond donors (Lipinski definition) is 3. The molecule has 3 amide bonds. The molecule has 202 valence electrons. The third-order valence-electron chi connectivity index (χ3n) is 8.44. The fraction of sp³-hybridized carbons (Fsp3) is 0.483. The van der Waals surface area contributed by atoms with E-state index in [1.807, 2.05) is 54.6 Å². The molecule has 6 atom stereocenters. The average molecular weight is 537 g/mol. The van der Waals surface area contributed by atoms with Gasteiger partial charge in [-0.3, -0.25) is 14.4 Å². The molecule has 3 N–H and O–H groups in total. The topological polar surface area (TPSA) is 102 Å². The van der Waals surface area contributed by atoms with E-state index in [2.05, 4.69) is 36.3 Å². The Balaban J connectivity index is 1.43. The Morgan fingerprint density at radius 1 is 1.03 bits per heavy atom. The predicted molar refractivity (Wildman–Crippen MR) is 151 cm³/mol. The Kier molecular flexibility index (Phi) is 7.42. The molecule has 8 nitrogen and oxygen atoms in total. The highest BCUT2D eigenvalue weighted by Crippen LogP contribution is 2.68. The van der Waals surface area contributed by atoms with Crippen molar-refractivity contribution in [1.29, 1.82) is 0 Å². The molecule has 1 spiro atoms. The van der Waals surface area contributed by atoms with Gasteiger partial charge in [-0.05, 0) is 62.6 Å². The maximum atomic E-state index is 13.9. The lowest BCUT2D eigenvalue weighted by Crippen LogP contribution is -2.55. The molecule has 2 bridgehead atoms. The van der Waals surface area contributed by atoms with E-state index in [1.54, 1.807) is 11.8 Å². The van der Waals surface area contributed by atoms with Crippen LogP contribution in [0.4, 0.5) is 17.1 Å². The van der Waals surface area contributed by atoms with Gasteiger partial charge in [-0.1, -0.05) is 25.1 Å². The number of amides is 3. The zero-order chi connectivity index (χ0) is 27.0. The molecule has 3 saturated heterocycles. The summed E-state index contributed by atoms with van der Waals surface area (Å²) in [4.78, 5) is 45.0. The predicted octanol–water partition coefficient (Wildman–Crippen LogP) is 3.44. The first kappa shape index (κ1) is 26.6. The second-order valence-electron chi connectivity index (χ2n) is 10.4. The van der Waals surface area contributed by atoms with Gasteiger partial charge in [0.1, 0.15) is 6.04 Å². The molecule has 5 rings (SSSR count). The molecule has 38 heavy (non-hydrogen) atoms. The maximum Gasteiger partial charge on any atom is 0.248 e. The Labute approximate surface area is 228 Å². The largest absolute Gasteiger partial charge is 0.395 e. The third-order valence-corrected chi connectivity index (χ3v) is 10.5. The molecule has 3 heterocycles. The first-order valence-electron chi connectivity index (χ1n) is 13.5. The van der Waals surface area contributed by atoms with E-state index < -0.39 is 22.6 Å². The molecular formula is C29H36N4O4S. The van der Waals surface area contributed by atoms with Crippen molar-refractivity contribution < 1.29 is 19.5 Å². The van der Waals surface area contributed by atoms with Crippen molar-refractivity contribution >= 4 is 46.5 Å². The fourth-order valence-electron chi connectivity index (χ4n) is 6.77. The number of rotatable bonds is 9. The van der Waals surface area contributed by atoms with Crippen LogP contribution >= 0.6 is 11.8 Å². The summed E-state index contributed by atoms with van der Waals surface area (Å²) >= 11 is 1.62. The quantitative estimate of drug-likeness (QED) is 0.454. The number of anilines is 3. The number of carbonyl (C=O) groups is 3. The molecule has 0 saturated carbocycles. The Bertz CT molecular complexity index is 1190. The lowest BCUT2D eigenvalue weighted by atomic mass is 9.66. The first-order chi connectivity index (χ1) is 18.3. The molecule has 3 unspecified atom stereocenters. The molecule has 3 aliphatic rings. The van der Waals surface area contributed by atoms with Gasteiger partial charge in [0.2, 0.25) is 17.7 Å². The zero-order valence-electron chi connectivity index (χ0n) is 22.1. The Hall–Kier alpha value is -3.04. The third kappa shape index (κ3) is 4.25. The number of nitrogens with zero attached hydrogens (tertiary/aromatic N) is 2. The second kappa shape index (κ2) is 10.6. The van der Waals surface area contributed by atoms with E-state index in [0.717, 1.165) is 25.2 Å². The minimum absolute atomic E-state index is 0.0393. The minimum Gasteiger partial charge on any atom is -0.395 e. The molecule has 2 aromatic carbocycles. The Morgan fingerprint density at radius 2 is 1.66 bits per heavy atom. The summed E-state index contributed by atoms with van der Waals surface area (Å²) < 4.78 is -0.721. The standard InChI is InChI=1S/C29H36N4O4S/c1-4-32(5-2)21-13-11-20(12-14-21)31-27(36)25-29-18(3)17-22(38-29)23(24(29)28(37)33(25)15-16-34)26(35)30-19-9-7-6-8-10-19/h6-14,18,22-25,34H,4-5,15-17H2,1-3H3,(H,30,35)(H,31,36)/t18?,22-,23+,24-,25?,29?/m0/s1. The van der Waals surface area contributed by atoms with Crippen molar-refractivity contribution in [3.63, 3.8) is 0 Å². The number of benzene rings is 2. The van der Waals surface area contributed by atoms with Crippen LogP contribution in [-0.4, -0.2) is 70.0 Å². The van der Waals surface area contributed by atoms with Crippen LogP contribution in [-0.2, 0) is 14.4 Å².